The van der Waals surface area contributed by atoms with Crippen molar-refractivity contribution in [2.24, 2.45) is 0 Å². The highest BCUT2D eigenvalue weighted by molar-refractivity contribution is 7.25. The lowest BCUT2D eigenvalue weighted by atomic mass is 9.91. The van der Waals surface area contributed by atoms with Gasteiger partial charge in [-0.2, -0.15) is 0 Å². The third-order valence-corrected chi connectivity index (χ3v) is 14.7. The highest BCUT2D eigenvalue weighted by Crippen LogP contribution is 2.44. The Morgan fingerprint density at radius 1 is 0.288 bits per heavy atom. The summed E-state index contributed by atoms with van der Waals surface area (Å²) in [5, 5.41) is 14.8. The summed E-state index contributed by atoms with van der Waals surface area (Å²) in [6, 6.07) is 81.8. The molecule has 3 aromatic heterocycles. The van der Waals surface area contributed by atoms with E-state index >= 15 is 0 Å². The lowest BCUT2D eigenvalue weighted by Crippen LogP contribution is -2.02. The Morgan fingerprint density at radius 2 is 0.833 bits per heavy atom. The van der Waals surface area contributed by atoms with Gasteiger partial charge in [-0.3, -0.25) is 4.57 Å². The van der Waals surface area contributed by atoms with E-state index in [1.165, 1.54) is 96.3 Å². The van der Waals surface area contributed by atoms with Gasteiger partial charge in [-0.05, 0) is 120 Å². The maximum Gasteiger partial charge on any atom is 0.162 e. The van der Waals surface area contributed by atoms with E-state index in [1.807, 2.05) is 17.4 Å². The third-order valence-electron chi connectivity index (χ3n) is 13.6. The normalized spacial score (nSPS) is 11.9. The Labute approximate surface area is 384 Å². The Morgan fingerprint density at radius 3 is 1.65 bits per heavy atom. The first-order chi connectivity index (χ1) is 32.7. The van der Waals surface area contributed by atoms with E-state index in [9.17, 15) is 0 Å². The van der Waals surface area contributed by atoms with Crippen LogP contribution in [0.3, 0.4) is 0 Å². The van der Waals surface area contributed by atoms with Crippen molar-refractivity contribution >= 4 is 96.4 Å². The van der Waals surface area contributed by atoms with Crippen molar-refractivity contribution in [2.75, 3.05) is 0 Å². The van der Waals surface area contributed by atoms with Gasteiger partial charge in [0, 0.05) is 48.1 Å². The van der Waals surface area contributed by atoms with Crippen molar-refractivity contribution in [3.8, 4) is 50.7 Å². The molecule has 66 heavy (non-hydrogen) atoms. The smallest absolute Gasteiger partial charge is 0.162 e. The van der Waals surface area contributed by atoms with E-state index in [0.29, 0.717) is 5.82 Å². The van der Waals surface area contributed by atoms with Crippen LogP contribution < -0.4 is 0 Å². The van der Waals surface area contributed by atoms with Crippen molar-refractivity contribution < 1.29 is 0 Å². The highest BCUT2D eigenvalue weighted by Gasteiger charge is 2.21. The fraction of sp³-hybridized carbons (Fsp3) is 0. The standard InChI is InChI=1S/C62H37N3S/c1-3-14-39(15-4-1)56-37-61(64-62(63-56)40-16-5-2-6-17-40)65-57-29-26-44(42-24-23-38-13-7-8-18-41(38)31-42)33-53(57)54-35-51-50-32-43(45-27-30-60-55(34-45)49-21-11-12-22-59(49)66-60)25-28-48(50)46-19-9-10-20-47(46)52(51)36-58(54)65/h1-37H. The maximum absolute atomic E-state index is 5.41. The molecule has 306 valence electrons. The second-order valence-electron chi connectivity index (χ2n) is 17.3. The Kier molecular flexibility index (Phi) is 8.15. The molecule has 0 amide bonds. The van der Waals surface area contributed by atoms with Gasteiger partial charge in [-0.15, -0.1) is 11.3 Å². The minimum atomic E-state index is 0.688. The van der Waals surface area contributed by atoms with E-state index in [0.717, 1.165) is 33.7 Å². The van der Waals surface area contributed by atoms with Crippen molar-refractivity contribution in [3.63, 3.8) is 0 Å². The summed E-state index contributed by atoms with van der Waals surface area (Å²) in [5.74, 6) is 1.51. The fourth-order valence-corrected chi connectivity index (χ4v) is 11.5. The molecule has 0 aliphatic rings. The molecule has 0 bridgehead atoms. The van der Waals surface area contributed by atoms with Crippen LogP contribution >= 0.6 is 11.3 Å². The van der Waals surface area contributed by atoms with Crippen molar-refractivity contribution in [2.45, 2.75) is 0 Å². The minimum absolute atomic E-state index is 0.688. The van der Waals surface area contributed by atoms with Crippen LogP contribution in [0.1, 0.15) is 0 Å². The van der Waals surface area contributed by atoms with Gasteiger partial charge in [0.2, 0.25) is 0 Å². The molecule has 0 aliphatic heterocycles. The second-order valence-corrected chi connectivity index (χ2v) is 18.4. The monoisotopic (exact) mass is 855 g/mol. The molecule has 11 aromatic carbocycles. The first kappa shape index (κ1) is 37.0. The summed E-state index contributed by atoms with van der Waals surface area (Å²) in [7, 11) is 0. The van der Waals surface area contributed by atoms with Gasteiger partial charge in [0.05, 0.1) is 16.7 Å². The third kappa shape index (κ3) is 5.82. The molecule has 0 N–H and O–H groups in total. The largest absolute Gasteiger partial charge is 0.294 e. The number of benzene rings is 11. The highest BCUT2D eigenvalue weighted by atomic mass is 32.1. The zero-order valence-electron chi connectivity index (χ0n) is 35.6. The molecular weight excluding hydrogens is 819 g/mol. The Bertz CT molecular complexity index is 4220. The van der Waals surface area contributed by atoms with Crippen LogP contribution in [0.15, 0.2) is 224 Å². The maximum atomic E-state index is 5.41. The summed E-state index contributed by atoms with van der Waals surface area (Å²) in [5.41, 5.74) is 9.87. The van der Waals surface area contributed by atoms with E-state index in [1.54, 1.807) is 0 Å². The van der Waals surface area contributed by atoms with E-state index in [-0.39, 0.29) is 0 Å². The molecular formula is C62H37N3S. The summed E-state index contributed by atoms with van der Waals surface area (Å²) < 4.78 is 5.00. The van der Waals surface area contributed by atoms with Gasteiger partial charge in [0.15, 0.2) is 5.82 Å². The zero-order chi connectivity index (χ0) is 43.3. The van der Waals surface area contributed by atoms with Crippen LogP contribution in [-0.4, -0.2) is 14.5 Å². The molecule has 0 fully saturated rings. The summed E-state index contributed by atoms with van der Waals surface area (Å²) in [4.78, 5) is 10.6. The second kappa shape index (κ2) is 14.5. The van der Waals surface area contributed by atoms with Crippen LogP contribution in [-0.2, 0) is 0 Å². The number of thiophene rings is 1. The number of aromatic nitrogens is 3. The van der Waals surface area contributed by atoms with Crippen LogP contribution in [0.5, 0.6) is 0 Å². The predicted molar refractivity (Wildman–Crippen MR) is 281 cm³/mol. The molecule has 0 aliphatic carbocycles. The molecule has 14 rings (SSSR count). The van der Waals surface area contributed by atoms with Gasteiger partial charge in [0.1, 0.15) is 5.82 Å². The Balaban J connectivity index is 1.07. The molecule has 3 nitrogen and oxygen atoms in total. The topological polar surface area (TPSA) is 30.7 Å². The zero-order valence-corrected chi connectivity index (χ0v) is 36.4. The predicted octanol–water partition coefficient (Wildman–Crippen LogP) is 17.2. The molecule has 3 heterocycles. The molecule has 0 unspecified atom stereocenters. The number of fused-ring (bicyclic) bond motifs is 13. The average Bonchev–Trinajstić information content (AvgIpc) is 3.93. The van der Waals surface area contributed by atoms with Crippen molar-refractivity contribution in [1.29, 1.82) is 0 Å². The molecule has 4 heteroatoms. The first-order valence-electron chi connectivity index (χ1n) is 22.5. The van der Waals surface area contributed by atoms with Gasteiger partial charge in [-0.25, -0.2) is 9.97 Å². The van der Waals surface area contributed by atoms with E-state index < -0.39 is 0 Å². The molecule has 0 saturated carbocycles. The van der Waals surface area contributed by atoms with E-state index in [4.69, 9.17) is 9.97 Å². The quantitative estimate of drug-likeness (QED) is 0.162. The summed E-state index contributed by atoms with van der Waals surface area (Å²) >= 11 is 1.86. The van der Waals surface area contributed by atoms with E-state index in [2.05, 4.69) is 223 Å². The summed E-state index contributed by atoms with van der Waals surface area (Å²) in [6.45, 7) is 0. The van der Waals surface area contributed by atoms with Crippen LogP contribution in [0.25, 0.3) is 136 Å². The molecule has 0 atom stereocenters. The van der Waals surface area contributed by atoms with Crippen molar-refractivity contribution in [1.82, 2.24) is 14.5 Å². The molecule has 14 aromatic rings. The fourth-order valence-electron chi connectivity index (χ4n) is 10.4. The SMILES string of the molecule is c1ccc(-c2cc(-n3c4ccc(-c5ccc6ccccc6c5)cc4c4cc5c6cc(-c7ccc8sc9ccccc9c8c7)ccc6c6ccccc6c5cc43)nc(-c3ccccc3)n2)cc1. The lowest BCUT2D eigenvalue weighted by Gasteiger charge is -2.14. The molecule has 0 radical (unpaired) electrons. The number of hydrogen-bond acceptors (Lipinski definition) is 3. The summed E-state index contributed by atoms with van der Waals surface area (Å²) in [6.07, 6.45) is 0. The van der Waals surface area contributed by atoms with Crippen LogP contribution in [0.4, 0.5) is 0 Å². The first-order valence-corrected chi connectivity index (χ1v) is 23.3. The van der Waals surface area contributed by atoms with Crippen LogP contribution in [0, 0.1) is 0 Å². The number of rotatable bonds is 5. The van der Waals surface area contributed by atoms with Crippen molar-refractivity contribution in [3.05, 3.63) is 224 Å². The lowest BCUT2D eigenvalue weighted by molar-refractivity contribution is 1.05. The van der Waals surface area contributed by atoms with Crippen LogP contribution in [0.2, 0.25) is 0 Å². The number of nitrogens with zero attached hydrogens (tertiary/aromatic N) is 3. The molecule has 0 saturated heterocycles. The van der Waals surface area contributed by atoms with Gasteiger partial charge >= 0.3 is 0 Å². The molecule has 0 spiro atoms. The van der Waals surface area contributed by atoms with Gasteiger partial charge < -0.3 is 0 Å². The minimum Gasteiger partial charge on any atom is -0.294 e. The van der Waals surface area contributed by atoms with Gasteiger partial charge in [0.25, 0.3) is 0 Å². The average molecular weight is 856 g/mol. The Hall–Kier alpha value is -8.44. The number of hydrogen-bond donors (Lipinski definition) is 0. The van der Waals surface area contributed by atoms with Gasteiger partial charge in [-0.1, -0.05) is 164 Å².